The minimum absolute atomic E-state index is 0.144. The van der Waals surface area contributed by atoms with Crippen LogP contribution in [0.15, 0.2) is 23.9 Å². The van der Waals surface area contributed by atoms with Crippen molar-refractivity contribution >= 4 is 11.8 Å². The lowest BCUT2D eigenvalue weighted by Gasteiger charge is -2.25. The van der Waals surface area contributed by atoms with Crippen molar-refractivity contribution in [3.8, 4) is 0 Å². The third-order valence-corrected chi connectivity index (χ3v) is 4.88. The highest BCUT2D eigenvalue weighted by Gasteiger charge is 2.25. The summed E-state index contributed by atoms with van der Waals surface area (Å²) in [5, 5.41) is 6.83. The summed E-state index contributed by atoms with van der Waals surface area (Å²) in [6.07, 6.45) is 10.7. The molecule has 2 aliphatic carbocycles. The molecule has 3 unspecified atom stereocenters. The Bertz CT molecular complexity index is 561. The average Bonchev–Trinajstić information content (AvgIpc) is 3.07. The second kappa shape index (κ2) is 8.26. The van der Waals surface area contributed by atoms with Gasteiger partial charge >= 0.3 is 6.09 Å². The molecule has 2 fully saturated rings. The van der Waals surface area contributed by atoms with Crippen LogP contribution in [0.4, 0.5) is 9.18 Å². The van der Waals surface area contributed by atoms with E-state index in [4.69, 9.17) is 4.84 Å². The summed E-state index contributed by atoms with van der Waals surface area (Å²) in [7, 11) is 0. The first-order chi connectivity index (χ1) is 11.7. The van der Waals surface area contributed by atoms with E-state index in [0.717, 1.165) is 50.8 Å². The van der Waals surface area contributed by atoms with Crippen LogP contribution in [0.3, 0.4) is 0 Å². The van der Waals surface area contributed by atoms with Gasteiger partial charge in [0, 0.05) is 30.9 Å². The maximum Gasteiger partial charge on any atom is 0.433 e. The van der Waals surface area contributed by atoms with Crippen molar-refractivity contribution in [3.05, 3.63) is 18.7 Å². The van der Waals surface area contributed by atoms with E-state index in [1.807, 2.05) is 10.8 Å². The Hall–Kier alpha value is -1.92. The van der Waals surface area contributed by atoms with E-state index in [1.165, 1.54) is 0 Å². The molecule has 0 aliphatic heterocycles. The predicted molar refractivity (Wildman–Crippen MR) is 88.4 cm³/mol. The Balaban J connectivity index is 1.52. The molecule has 132 valence electrons. The van der Waals surface area contributed by atoms with Crippen LogP contribution < -0.4 is 5.32 Å². The van der Waals surface area contributed by atoms with Crippen LogP contribution in [0.2, 0.25) is 0 Å². The zero-order chi connectivity index (χ0) is 16.8. The number of hydrogen-bond donors (Lipinski definition) is 1. The lowest BCUT2D eigenvalue weighted by atomic mass is 9.87. The number of nitrogens with zero attached hydrogens (tertiary/aromatic N) is 3. The van der Waals surface area contributed by atoms with Gasteiger partial charge in [0.15, 0.2) is 0 Å². The lowest BCUT2D eigenvalue weighted by Crippen LogP contribution is -2.38. The lowest BCUT2D eigenvalue weighted by molar-refractivity contribution is 0.135. The number of nitrogens with one attached hydrogen (secondary N) is 1. The average molecular weight is 336 g/mol. The summed E-state index contributed by atoms with van der Waals surface area (Å²) in [6, 6.07) is -0.144. The number of imidazole rings is 1. The fourth-order valence-corrected chi connectivity index (χ4v) is 3.59. The summed E-state index contributed by atoms with van der Waals surface area (Å²) in [5.41, 5.74) is 0.928. The van der Waals surface area contributed by atoms with E-state index >= 15 is 0 Å². The summed E-state index contributed by atoms with van der Waals surface area (Å²) < 4.78 is 15.4. The van der Waals surface area contributed by atoms with Crippen molar-refractivity contribution in [1.29, 1.82) is 0 Å². The van der Waals surface area contributed by atoms with Crippen molar-refractivity contribution < 1.29 is 14.0 Å². The summed E-state index contributed by atoms with van der Waals surface area (Å²) in [5.74, 6) is 0.269. The minimum atomic E-state index is -0.826. The van der Waals surface area contributed by atoms with Gasteiger partial charge in [0.25, 0.3) is 0 Å². The SMILES string of the molecule is O=C(NC1CCCC(F)C1)O/N=C1\CCCCC1Cn1ccnc1. The molecule has 6 nitrogen and oxygen atoms in total. The highest BCUT2D eigenvalue weighted by atomic mass is 19.1. The number of carbonyl (C=O) groups excluding carboxylic acids is 1. The maximum absolute atomic E-state index is 13.4. The summed E-state index contributed by atoms with van der Waals surface area (Å²) in [4.78, 5) is 21.0. The zero-order valence-electron chi connectivity index (χ0n) is 13.9. The fourth-order valence-electron chi connectivity index (χ4n) is 3.59. The van der Waals surface area contributed by atoms with Crippen molar-refractivity contribution in [2.75, 3.05) is 0 Å². The van der Waals surface area contributed by atoms with Crippen molar-refractivity contribution in [2.24, 2.45) is 11.1 Å². The topological polar surface area (TPSA) is 68.5 Å². The van der Waals surface area contributed by atoms with Gasteiger partial charge in [-0.1, -0.05) is 11.6 Å². The molecule has 24 heavy (non-hydrogen) atoms. The molecule has 0 radical (unpaired) electrons. The largest absolute Gasteiger partial charge is 0.433 e. The third-order valence-electron chi connectivity index (χ3n) is 4.88. The second-order valence-corrected chi connectivity index (χ2v) is 6.77. The quantitative estimate of drug-likeness (QED) is 0.676. The molecular formula is C17H25FN4O2. The molecular weight excluding hydrogens is 311 g/mol. The molecule has 0 aromatic carbocycles. The van der Waals surface area contributed by atoms with Crippen LogP contribution in [0.1, 0.15) is 51.4 Å². The van der Waals surface area contributed by atoms with E-state index in [0.29, 0.717) is 12.8 Å². The molecule has 1 aromatic heterocycles. The number of oxime groups is 1. The smallest absolute Gasteiger partial charge is 0.337 e. The highest BCUT2D eigenvalue weighted by Crippen LogP contribution is 2.24. The molecule has 0 bridgehead atoms. The van der Waals surface area contributed by atoms with Crippen LogP contribution in [0.25, 0.3) is 0 Å². The predicted octanol–water partition coefficient (Wildman–Crippen LogP) is 3.44. The third kappa shape index (κ3) is 4.79. The molecule has 0 spiro atoms. The first kappa shape index (κ1) is 16.9. The van der Waals surface area contributed by atoms with Gasteiger partial charge in [0.1, 0.15) is 6.17 Å². The molecule has 3 rings (SSSR count). The maximum atomic E-state index is 13.4. The number of aromatic nitrogens is 2. The Kier molecular flexibility index (Phi) is 5.82. The molecule has 2 aliphatic rings. The van der Waals surface area contributed by atoms with E-state index < -0.39 is 12.3 Å². The van der Waals surface area contributed by atoms with Gasteiger partial charge in [0.2, 0.25) is 0 Å². The minimum Gasteiger partial charge on any atom is -0.337 e. The van der Waals surface area contributed by atoms with Crippen molar-refractivity contribution in [2.45, 2.75) is 70.1 Å². The van der Waals surface area contributed by atoms with Crippen LogP contribution in [0, 0.1) is 5.92 Å². The number of alkyl halides is 1. The molecule has 1 aromatic rings. The van der Waals surface area contributed by atoms with Gasteiger partial charge in [-0.2, -0.15) is 0 Å². The Morgan fingerprint density at radius 1 is 1.38 bits per heavy atom. The van der Waals surface area contributed by atoms with Crippen molar-refractivity contribution in [3.63, 3.8) is 0 Å². The molecule has 3 atom stereocenters. The van der Waals surface area contributed by atoms with Crippen LogP contribution >= 0.6 is 0 Å². The number of hydrogen-bond acceptors (Lipinski definition) is 4. The van der Waals surface area contributed by atoms with Gasteiger partial charge in [-0.3, -0.25) is 4.84 Å². The van der Waals surface area contributed by atoms with Gasteiger partial charge in [0.05, 0.1) is 12.0 Å². The molecule has 1 amide bonds. The number of amides is 1. The normalized spacial score (nSPS) is 29.4. The van der Waals surface area contributed by atoms with E-state index in [-0.39, 0.29) is 12.0 Å². The Labute approximate surface area is 141 Å². The number of carbonyl (C=O) groups is 1. The van der Waals surface area contributed by atoms with Crippen LogP contribution in [-0.2, 0) is 11.4 Å². The molecule has 1 N–H and O–H groups in total. The Morgan fingerprint density at radius 3 is 3.08 bits per heavy atom. The van der Waals surface area contributed by atoms with Gasteiger partial charge in [-0.15, -0.1) is 0 Å². The first-order valence-electron chi connectivity index (χ1n) is 8.85. The number of halogens is 1. The van der Waals surface area contributed by atoms with Gasteiger partial charge in [-0.05, 0) is 44.9 Å². The van der Waals surface area contributed by atoms with E-state index in [9.17, 15) is 9.18 Å². The summed E-state index contributed by atoms with van der Waals surface area (Å²) >= 11 is 0. The molecule has 0 saturated heterocycles. The first-order valence-corrected chi connectivity index (χ1v) is 8.85. The fraction of sp³-hybridized carbons (Fsp3) is 0.706. The molecule has 1 heterocycles. The second-order valence-electron chi connectivity index (χ2n) is 6.77. The Morgan fingerprint density at radius 2 is 2.29 bits per heavy atom. The molecule has 2 saturated carbocycles. The number of rotatable bonds is 4. The highest BCUT2D eigenvalue weighted by molar-refractivity contribution is 5.87. The van der Waals surface area contributed by atoms with Gasteiger partial charge < -0.3 is 9.88 Å². The van der Waals surface area contributed by atoms with Crippen LogP contribution in [0.5, 0.6) is 0 Å². The van der Waals surface area contributed by atoms with Gasteiger partial charge in [-0.25, -0.2) is 14.2 Å². The van der Waals surface area contributed by atoms with Crippen LogP contribution in [-0.4, -0.2) is 33.6 Å². The van der Waals surface area contributed by atoms with E-state index in [2.05, 4.69) is 15.5 Å². The zero-order valence-corrected chi connectivity index (χ0v) is 13.9. The standard InChI is InChI=1S/C17H25FN4O2/c18-14-5-3-6-15(10-14)20-17(23)24-21-16-7-2-1-4-13(16)11-22-9-8-19-12-22/h8-9,12-15H,1-7,10-11H2,(H,20,23)/b21-16+. The van der Waals surface area contributed by atoms with E-state index in [1.54, 1.807) is 12.5 Å². The molecule has 7 heteroatoms. The monoisotopic (exact) mass is 336 g/mol. The van der Waals surface area contributed by atoms with Crippen molar-refractivity contribution in [1.82, 2.24) is 14.9 Å². The summed E-state index contributed by atoms with van der Waals surface area (Å²) in [6.45, 7) is 0.802.